The minimum atomic E-state index is 0.673. The van der Waals surface area contributed by atoms with Gasteiger partial charge in [-0.05, 0) is 53.8 Å². The normalized spacial score (nSPS) is 14.1. The third-order valence-corrected chi connectivity index (χ3v) is 2.52. The predicted molar refractivity (Wildman–Crippen MR) is 60.1 cm³/mol. The van der Waals surface area contributed by atoms with Gasteiger partial charge in [-0.25, -0.2) is 0 Å². The zero-order chi connectivity index (χ0) is 10.3. The lowest BCUT2D eigenvalue weighted by atomic mass is 10.1. The van der Waals surface area contributed by atoms with Crippen molar-refractivity contribution in [1.82, 2.24) is 10.2 Å². The van der Waals surface area contributed by atoms with E-state index in [1.54, 1.807) is 0 Å². The van der Waals surface area contributed by atoms with Crippen molar-refractivity contribution in [2.24, 2.45) is 0 Å². The fourth-order valence-electron chi connectivity index (χ4n) is 1.76. The summed E-state index contributed by atoms with van der Waals surface area (Å²) in [5.74, 6) is 0. The second-order valence-corrected chi connectivity index (χ2v) is 4.07. The van der Waals surface area contributed by atoms with Crippen molar-refractivity contribution in [3.63, 3.8) is 0 Å². The molecule has 0 radical (unpaired) electrons. The van der Waals surface area contributed by atoms with Gasteiger partial charge in [-0.2, -0.15) is 0 Å². The maximum atomic E-state index is 3.21. The van der Waals surface area contributed by atoms with Gasteiger partial charge in [0.2, 0.25) is 0 Å². The van der Waals surface area contributed by atoms with Crippen molar-refractivity contribution in [1.29, 1.82) is 0 Å². The molecule has 1 atom stereocenters. The van der Waals surface area contributed by atoms with Gasteiger partial charge in [0, 0.05) is 12.1 Å². The fraction of sp³-hybridized carbons (Fsp3) is 1.00. The summed E-state index contributed by atoms with van der Waals surface area (Å²) in [5.41, 5.74) is 0. The Labute approximate surface area is 83.7 Å². The predicted octanol–water partition coefficient (Wildman–Crippen LogP) is 2.10. The van der Waals surface area contributed by atoms with E-state index in [1.807, 2.05) is 7.05 Å². The minimum absolute atomic E-state index is 0.673. The molecule has 0 amide bonds. The molecule has 2 nitrogen and oxygen atoms in total. The van der Waals surface area contributed by atoms with Crippen LogP contribution in [0.1, 0.15) is 40.5 Å². The van der Waals surface area contributed by atoms with E-state index in [-0.39, 0.29) is 0 Å². The summed E-state index contributed by atoms with van der Waals surface area (Å²) < 4.78 is 0. The second-order valence-electron chi connectivity index (χ2n) is 4.07. The van der Waals surface area contributed by atoms with Gasteiger partial charge in [0.05, 0.1) is 0 Å². The molecule has 0 saturated carbocycles. The average molecular weight is 186 g/mol. The molecular weight excluding hydrogens is 160 g/mol. The number of nitrogens with one attached hydrogen (secondary N) is 1. The van der Waals surface area contributed by atoms with Gasteiger partial charge in [0.25, 0.3) is 0 Å². The molecule has 0 saturated heterocycles. The highest BCUT2D eigenvalue weighted by atomic mass is 15.2. The van der Waals surface area contributed by atoms with E-state index < -0.39 is 0 Å². The number of rotatable bonds is 7. The van der Waals surface area contributed by atoms with Gasteiger partial charge in [-0.3, -0.25) is 4.90 Å². The first kappa shape index (κ1) is 12.9. The summed E-state index contributed by atoms with van der Waals surface area (Å²) in [7, 11) is 2.02. The van der Waals surface area contributed by atoms with Gasteiger partial charge in [0.1, 0.15) is 0 Å². The Kier molecular flexibility index (Phi) is 7.29. The van der Waals surface area contributed by atoms with Gasteiger partial charge < -0.3 is 5.32 Å². The van der Waals surface area contributed by atoms with Crippen LogP contribution >= 0.6 is 0 Å². The Hall–Kier alpha value is -0.0800. The zero-order valence-electron chi connectivity index (χ0n) is 9.93. The first-order chi connectivity index (χ1) is 6.13. The zero-order valence-corrected chi connectivity index (χ0v) is 9.93. The van der Waals surface area contributed by atoms with Gasteiger partial charge >= 0.3 is 0 Å². The molecule has 1 N–H and O–H groups in total. The summed E-state index contributed by atoms with van der Waals surface area (Å²) >= 11 is 0. The lowest BCUT2D eigenvalue weighted by Crippen LogP contribution is -2.40. The minimum Gasteiger partial charge on any atom is -0.320 e. The van der Waals surface area contributed by atoms with Crippen LogP contribution in [0.3, 0.4) is 0 Å². The smallest absolute Gasteiger partial charge is 0.00817 e. The number of hydrogen-bond acceptors (Lipinski definition) is 2. The number of nitrogens with zero attached hydrogens (tertiary/aromatic N) is 1. The van der Waals surface area contributed by atoms with E-state index in [0.29, 0.717) is 12.1 Å². The molecular formula is C11H26N2. The molecule has 0 rings (SSSR count). The van der Waals surface area contributed by atoms with Crippen molar-refractivity contribution in [2.75, 3.05) is 20.1 Å². The largest absolute Gasteiger partial charge is 0.320 e. The van der Waals surface area contributed by atoms with Crippen molar-refractivity contribution in [3.05, 3.63) is 0 Å². The molecule has 0 aromatic rings. The SMILES string of the molecule is CCCN(C(C)C)C(C)CCNC. The van der Waals surface area contributed by atoms with Crippen molar-refractivity contribution >= 4 is 0 Å². The lowest BCUT2D eigenvalue weighted by Gasteiger charge is -2.32. The Morgan fingerprint density at radius 1 is 1.23 bits per heavy atom. The molecule has 0 aromatic heterocycles. The van der Waals surface area contributed by atoms with Crippen LogP contribution in [0, 0.1) is 0 Å². The van der Waals surface area contributed by atoms with Crippen molar-refractivity contribution < 1.29 is 0 Å². The van der Waals surface area contributed by atoms with E-state index in [2.05, 4.69) is 37.9 Å². The molecule has 0 aliphatic carbocycles. The van der Waals surface area contributed by atoms with Crippen LogP contribution < -0.4 is 5.32 Å². The molecule has 2 heteroatoms. The van der Waals surface area contributed by atoms with Crippen LogP contribution in [0.2, 0.25) is 0 Å². The van der Waals surface area contributed by atoms with Crippen LogP contribution in [0.15, 0.2) is 0 Å². The third-order valence-electron chi connectivity index (χ3n) is 2.52. The van der Waals surface area contributed by atoms with Gasteiger partial charge in [0.15, 0.2) is 0 Å². The first-order valence-electron chi connectivity index (χ1n) is 5.53. The van der Waals surface area contributed by atoms with Crippen LogP contribution in [-0.2, 0) is 0 Å². The highest BCUT2D eigenvalue weighted by Crippen LogP contribution is 2.08. The third kappa shape index (κ3) is 5.27. The van der Waals surface area contributed by atoms with Crippen molar-refractivity contribution in [2.45, 2.75) is 52.6 Å². The van der Waals surface area contributed by atoms with Crippen molar-refractivity contribution in [3.8, 4) is 0 Å². The maximum Gasteiger partial charge on any atom is 0.00817 e. The van der Waals surface area contributed by atoms with Gasteiger partial charge in [-0.15, -0.1) is 0 Å². The van der Waals surface area contributed by atoms with Crippen LogP contribution in [-0.4, -0.2) is 37.1 Å². The molecule has 0 spiro atoms. The summed E-state index contributed by atoms with van der Waals surface area (Å²) in [6, 6.07) is 1.37. The number of hydrogen-bond donors (Lipinski definition) is 1. The van der Waals surface area contributed by atoms with E-state index in [0.717, 1.165) is 6.54 Å². The summed E-state index contributed by atoms with van der Waals surface area (Å²) in [5, 5.41) is 3.21. The lowest BCUT2D eigenvalue weighted by molar-refractivity contribution is 0.157. The summed E-state index contributed by atoms with van der Waals surface area (Å²) in [6.45, 7) is 11.5. The monoisotopic (exact) mass is 186 g/mol. The standard InChI is InChI=1S/C11H26N2/c1-6-9-13(10(2)3)11(4)7-8-12-5/h10-12H,6-9H2,1-5H3. The topological polar surface area (TPSA) is 15.3 Å². The van der Waals surface area contributed by atoms with Crippen LogP contribution in [0.4, 0.5) is 0 Å². The van der Waals surface area contributed by atoms with Crippen LogP contribution in [0.5, 0.6) is 0 Å². The molecule has 0 aliphatic rings. The maximum absolute atomic E-state index is 3.21. The molecule has 13 heavy (non-hydrogen) atoms. The van der Waals surface area contributed by atoms with Gasteiger partial charge in [-0.1, -0.05) is 6.92 Å². The summed E-state index contributed by atoms with van der Waals surface area (Å²) in [6.07, 6.45) is 2.50. The Morgan fingerprint density at radius 2 is 1.85 bits per heavy atom. The first-order valence-corrected chi connectivity index (χ1v) is 5.53. The molecule has 80 valence electrons. The van der Waals surface area contributed by atoms with E-state index >= 15 is 0 Å². The Morgan fingerprint density at radius 3 is 2.23 bits per heavy atom. The quantitative estimate of drug-likeness (QED) is 0.655. The second kappa shape index (κ2) is 7.34. The van der Waals surface area contributed by atoms with E-state index in [4.69, 9.17) is 0 Å². The molecule has 0 aromatic carbocycles. The van der Waals surface area contributed by atoms with E-state index in [9.17, 15) is 0 Å². The molecule has 0 heterocycles. The highest BCUT2D eigenvalue weighted by molar-refractivity contribution is 4.70. The average Bonchev–Trinajstić information content (AvgIpc) is 2.09. The highest BCUT2D eigenvalue weighted by Gasteiger charge is 2.14. The Balaban J connectivity index is 3.87. The molecule has 0 bridgehead atoms. The Bertz CT molecular complexity index is 113. The van der Waals surface area contributed by atoms with E-state index in [1.165, 1.54) is 19.4 Å². The fourth-order valence-corrected chi connectivity index (χ4v) is 1.76. The van der Waals surface area contributed by atoms with Crippen LogP contribution in [0.25, 0.3) is 0 Å². The molecule has 1 unspecified atom stereocenters. The molecule has 0 fully saturated rings. The summed E-state index contributed by atoms with van der Waals surface area (Å²) in [4.78, 5) is 2.58. The molecule has 0 aliphatic heterocycles.